The molecular formula is C17H23NO4. The number of carbonyl (C=O) groups excluding carboxylic acids is 2. The number of rotatable bonds is 6. The third kappa shape index (κ3) is 4.48. The maximum atomic E-state index is 12.0. The molecule has 5 nitrogen and oxygen atoms in total. The summed E-state index contributed by atoms with van der Waals surface area (Å²) in [7, 11) is 0. The Hall–Kier alpha value is -2.04. The number of nitrogens with one attached hydrogen (secondary N) is 1. The van der Waals surface area contributed by atoms with E-state index in [1.165, 1.54) is 0 Å². The predicted molar refractivity (Wildman–Crippen MR) is 82.9 cm³/mol. The summed E-state index contributed by atoms with van der Waals surface area (Å²) in [6, 6.07) is 6.91. The van der Waals surface area contributed by atoms with E-state index >= 15 is 0 Å². The van der Waals surface area contributed by atoms with Gasteiger partial charge in [0.1, 0.15) is 5.75 Å². The molecule has 1 N–H and O–H groups in total. The Balaban J connectivity index is 1.85. The Morgan fingerprint density at radius 1 is 1.23 bits per heavy atom. The van der Waals surface area contributed by atoms with Gasteiger partial charge in [0.25, 0.3) is 5.91 Å². The Labute approximate surface area is 131 Å². The van der Waals surface area contributed by atoms with Crippen molar-refractivity contribution < 1.29 is 19.1 Å². The molecule has 0 bridgehead atoms. The summed E-state index contributed by atoms with van der Waals surface area (Å²) in [5, 5.41) is 2.93. The Bertz CT molecular complexity index is 506. The number of amides is 1. The van der Waals surface area contributed by atoms with Crippen LogP contribution in [0, 0.1) is 0 Å². The first-order chi connectivity index (χ1) is 10.6. The van der Waals surface area contributed by atoms with Gasteiger partial charge in [-0.2, -0.15) is 0 Å². The second-order valence-electron chi connectivity index (χ2n) is 5.49. The summed E-state index contributed by atoms with van der Waals surface area (Å²) in [5.74, 6) is -0.0330. The first-order valence-electron chi connectivity index (χ1n) is 7.84. The zero-order valence-electron chi connectivity index (χ0n) is 13.1. The van der Waals surface area contributed by atoms with Crippen LogP contribution in [-0.4, -0.2) is 30.6 Å². The smallest absolute Gasteiger partial charge is 0.338 e. The average Bonchev–Trinajstić information content (AvgIpc) is 3.01. The molecule has 1 aromatic carbocycles. The minimum atomic E-state index is -0.792. The van der Waals surface area contributed by atoms with Gasteiger partial charge in [0.2, 0.25) is 0 Å². The molecule has 5 heteroatoms. The van der Waals surface area contributed by atoms with E-state index in [4.69, 9.17) is 9.47 Å². The van der Waals surface area contributed by atoms with E-state index < -0.39 is 12.1 Å². The maximum Gasteiger partial charge on any atom is 0.338 e. The first kappa shape index (κ1) is 16.3. The summed E-state index contributed by atoms with van der Waals surface area (Å²) in [4.78, 5) is 24.0. The maximum absolute atomic E-state index is 12.0. The lowest BCUT2D eigenvalue weighted by Crippen LogP contribution is -2.40. The van der Waals surface area contributed by atoms with E-state index in [9.17, 15) is 9.59 Å². The van der Waals surface area contributed by atoms with Crippen LogP contribution in [0.4, 0.5) is 0 Å². The first-order valence-corrected chi connectivity index (χ1v) is 7.84. The lowest BCUT2D eigenvalue weighted by atomic mass is 10.2. The molecule has 1 unspecified atom stereocenters. The minimum Gasteiger partial charge on any atom is -0.494 e. The number of esters is 1. The van der Waals surface area contributed by atoms with E-state index in [-0.39, 0.29) is 11.9 Å². The van der Waals surface area contributed by atoms with Crippen molar-refractivity contribution in [3.05, 3.63) is 29.8 Å². The van der Waals surface area contributed by atoms with Crippen molar-refractivity contribution in [2.45, 2.75) is 51.7 Å². The molecular weight excluding hydrogens is 282 g/mol. The van der Waals surface area contributed by atoms with Crippen molar-refractivity contribution >= 4 is 11.9 Å². The van der Waals surface area contributed by atoms with E-state index in [1.807, 2.05) is 6.92 Å². The summed E-state index contributed by atoms with van der Waals surface area (Å²) in [6.07, 6.45) is 3.51. The molecule has 0 heterocycles. The van der Waals surface area contributed by atoms with Gasteiger partial charge in [0.15, 0.2) is 6.10 Å². The van der Waals surface area contributed by atoms with E-state index in [0.717, 1.165) is 25.7 Å². The monoisotopic (exact) mass is 305 g/mol. The van der Waals surface area contributed by atoms with Gasteiger partial charge < -0.3 is 14.8 Å². The second kappa shape index (κ2) is 7.82. The predicted octanol–water partition coefficient (Wildman–Crippen LogP) is 2.69. The van der Waals surface area contributed by atoms with Gasteiger partial charge >= 0.3 is 5.97 Å². The molecule has 1 fully saturated rings. The summed E-state index contributed by atoms with van der Waals surface area (Å²) in [6.45, 7) is 4.06. The van der Waals surface area contributed by atoms with Crippen molar-refractivity contribution in [3.8, 4) is 5.75 Å². The topological polar surface area (TPSA) is 64.6 Å². The van der Waals surface area contributed by atoms with Crippen molar-refractivity contribution in [2.24, 2.45) is 0 Å². The Morgan fingerprint density at radius 2 is 1.86 bits per heavy atom. The summed E-state index contributed by atoms with van der Waals surface area (Å²) in [5.41, 5.74) is 0.406. The van der Waals surface area contributed by atoms with E-state index in [1.54, 1.807) is 31.2 Å². The molecule has 1 saturated carbocycles. The fraction of sp³-hybridized carbons (Fsp3) is 0.529. The lowest BCUT2D eigenvalue weighted by molar-refractivity contribution is -0.129. The molecule has 1 amide bonds. The van der Waals surface area contributed by atoms with Crippen LogP contribution in [0.5, 0.6) is 5.75 Å². The Kier molecular flexibility index (Phi) is 5.81. The fourth-order valence-corrected chi connectivity index (χ4v) is 2.52. The van der Waals surface area contributed by atoms with Crippen LogP contribution in [0.2, 0.25) is 0 Å². The van der Waals surface area contributed by atoms with Crippen molar-refractivity contribution in [1.82, 2.24) is 5.32 Å². The zero-order chi connectivity index (χ0) is 15.9. The van der Waals surface area contributed by atoms with Gasteiger partial charge in [-0.25, -0.2) is 4.79 Å². The average molecular weight is 305 g/mol. The van der Waals surface area contributed by atoms with Crippen LogP contribution in [-0.2, 0) is 9.53 Å². The van der Waals surface area contributed by atoms with Crippen LogP contribution < -0.4 is 10.1 Å². The third-order valence-corrected chi connectivity index (χ3v) is 3.76. The summed E-state index contributed by atoms with van der Waals surface area (Å²) < 4.78 is 10.5. The number of hydrogen-bond acceptors (Lipinski definition) is 4. The number of ether oxygens (including phenoxy) is 2. The molecule has 0 aromatic heterocycles. The summed E-state index contributed by atoms with van der Waals surface area (Å²) >= 11 is 0. The molecule has 0 spiro atoms. The van der Waals surface area contributed by atoms with Crippen molar-refractivity contribution in [1.29, 1.82) is 0 Å². The molecule has 1 aliphatic carbocycles. The molecule has 1 atom stereocenters. The SMILES string of the molecule is CCOc1ccc(C(=O)OC(C)C(=O)NC2CCCC2)cc1. The van der Waals surface area contributed by atoms with Gasteiger partial charge in [0.05, 0.1) is 12.2 Å². The van der Waals surface area contributed by atoms with Gasteiger partial charge in [0, 0.05) is 6.04 Å². The highest BCUT2D eigenvalue weighted by atomic mass is 16.5. The van der Waals surface area contributed by atoms with Crippen molar-refractivity contribution in [2.75, 3.05) is 6.61 Å². The van der Waals surface area contributed by atoms with Crippen LogP contribution in [0.15, 0.2) is 24.3 Å². The van der Waals surface area contributed by atoms with Gasteiger partial charge in [-0.3, -0.25) is 4.79 Å². The quantitative estimate of drug-likeness (QED) is 0.821. The van der Waals surface area contributed by atoms with Crippen LogP contribution in [0.1, 0.15) is 49.9 Å². The standard InChI is InChI=1S/C17H23NO4/c1-3-21-15-10-8-13(9-11-15)17(20)22-12(2)16(19)18-14-6-4-5-7-14/h8-12,14H,3-7H2,1-2H3,(H,18,19). The lowest BCUT2D eigenvalue weighted by Gasteiger charge is -2.17. The molecule has 22 heavy (non-hydrogen) atoms. The molecule has 120 valence electrons. The highest BCUT2D eigenvalue weighted by Gasteiger charge is 2.23. The second-order valence-corrected chi connectivity index (χ2v) is 5.49. The highest BCUT2D eigenvalue weighted by molar-refractivity contribution is 5.92. The largest absolute Gasteiger partial charge is 0.494 e. The number of hydrogen-bond donors (Lipinski definition) is 1. The van der Waals surface area contributed by atoms with Gasteiger partial charge in [-0.05, 0) is 51.0 Å². The normalized spacial score (nSPS) is 16.1. The van der Waals surface area contributed by atoms with Gasteiger partial charge in [-0.1, -0.05) is 12.8 Å². The van der Waals surface area contributed by atoms with Crippen molar-refractivity contribution in [3.63, 3.8) is 0 Å². The number of benzene rings is 1. The van der Waals surface area contributed by atoms with E-state index in [2.05, 4.69) is 5.32 Å². The fourth-order valence-electron chi connectivity index (χ4n) is 2.52. The molecule has 0 radical (unpaired) electrons. The van der Waals surface area contributed by atoms with Crippen LogP contribution >= 0.6 is 0 Å². The molecule has 0 saturated heterocycles. The molecule has 1 aliphatic rings. The minimum absolute atomic E-state index is 0.221. The Morgan fingerprint density at radius 3 is 2.45 bits per heavy atom. The zero-order valence-corrected chi connectivity index (χ0v) is 13.1. The number of carbonyl (C=O) groups is 2. The third-order valence-electron chi connectivity index (χ3n) is 3.76. The molecule has 1 aromatic rings. The molecule has 0 aliphatic heterocycles. The van der Waals surface area contributed by atoms with Crippen LogP contribution in [0.3, 0.4) is 0 Å². The van der Waals surface area contributed by atoms with E-state index in [0.29, 0.717) is 17.9 Å². The van der Waals surface area contributed by atoms with Crippen LogP contribution in [0.25, 0.3) is 0 Å². The highest BCUT2D eigenvalue weighted by Crippen LogP contribution is 2.18. The van der Waals surface area contributed by atoms with Gasteiger partial charge in [-0.15, -0.1) is 0 Å². The molecule has 2 rings (SSSR count).